The molecule has 0 spiro atoms. The Morgan fingerprint density at radius 1 is 1.15 bits per heavy atom. The zero-order chi connectivity index (χ0) is 19.9. The Hall–Kier alpha value is -1.97. The molecular formula is C18H29F2N3O4. The van der Waals surface area contributed by atoms with E-state index in [2.05, 4.69) is 20.4 Å². The van der Waals surface area contributed by atoms with Crippen molar-refractivity contribution in [1.82, 2.24) is 10.6 Å². The molecule has 0 amide bonds. The van der Waals surface area contributed by atoms with Crippen LogP contribution in [0.25, 0.3) is 0 Å². The topological polar surface area (TPSA) is 84.3 Å². The fraction of sp³-hybridized carbons (Fsp3) is 0.611. The maximum atomic E-state index is 12.2. The summed E-state index contributed by atoms with van der Waals surface area (Å²) in [5.41, 5.74) is 0.572. The third-order valence-electron chi connectivity index (χ3n) is 3.45. The number of aliphatic imine (C=N–C) groups is 1. The molecule has 0 aliphatic carbocycles. The standard InChI is InChI=1S/C18H29F2N3O4/c1-3-21-18(22-9-4-10-26-12-11-25-2)23-13-16(24)14-5-7-15(8-6-14)27-17(19)20/h5-8,16-17,24H,3-4,9-13H2,1-2H3,(H2,21,22,23). The molecule has 0 aromatic heterocycles. The van der Waals surface area contributed by atoms with Crippen LogP contribution in [0.2, 0.25) is 0 Å². The Balaban J connectivity index is 2.41. The molecule has 0 radical (unpaired) electrons. The molecule has 0 heterocycles. The predicted molar refractivity (Wildman–Crippen MR) is 99.3 cm³/mol. The average Bonchev–Trinajstić information content (AvgIpc) is 2.65. The van der Waals surface area contributed by atoms with Gasteiger partial charge in [-0.3, -0.25) is 4.99 Å². The Morgan fingerprint density at radius 2 is 1.89 bits per heavy atom. The lowest BCUT2D eigenvalue weighted by Gasteiger charge is -2.14. The summed E-state index contributed by atoms with van der Waals surface area (Å²) >= 11 is 0. The molecule has 0 saturated heterocycles. The first-order valence-corrected chi connectivity index (χ1v) is 8.88. The van der Waals surface area contributed by atoms with E-state index < -0.39 is 12.7 Å². The van der Waals surface area contributed by atoms with Crippen LogP contribution < -0.4 is 15.4 Å². The van der Waals surface area contributed by atoms with Gasteiger partial charge in [0.2, 0.25) is 0 Å². The van der Waals surface area contributed by atoms with E-state index in [0.29, 0.717) is 44.4 Å². The van der Waals surface area contributed by atoms with E-state index in [1.807, 2.05) is 6.92 Å². The molecule has 0 fully saturated rings. The number of nitrogens with zero attached hydrogens (tertiary/aromatic N) is 1. The van der Waals surface area contributed by atoms with Gasteiger partial charge in [-0.15, -0.1) is 0 Å². The van der Waals surface area contributed by atoms with Crippen molar-refractivity contribution in [3.63, 3.8) is 0 Å². The van der Waals surface area contributed by atoms with Crippen molar-refractivity contribution in [2.24, 2.45) is 4.99 Å². The summed E-state index contributed by atoms with van der Waals surface area (Å²) in [6, 6.07) is 5.86. The van der Waals surface area contributed by atoms with Gasteiger partial charge in [0.1, 0.15) is 5.75 Å². The smallest absolute Gasteiger partial charge is 0.387 e. The van der Waals surface area contributed by atoms with E-state index in [4.69, 9.17) is 9.47 Å². The number of ether oxygens (including phenoxy) is 3. The van der Waals surface area contributed by atoms with E-state index in [0.717, 1.165) is 6.42 Å². The zero-order valence-electron chi connectivity index (χ0n) is 15.8. The van der Waals surface area contributed by atoms with Crippen LogP contribution in [0.4, 0.5) is 8.78 Å². The van der Waals surface area contributed by atoms with Crippen LogP contribution in [-0.4, -0.2) is 64.2 Å². The molecule has 1 aromatic carbocycles. The molecule has 7 nitrogen and oxygen atoms in total. The number of hydrogen-bond acceptors (Lipinski definition) is 5. The molecule has 1 rings (SSSR count). The third kappa shape index (κ3) is 10.7. The van der Waals surface area contributed by atoms with Gasteiger partial charge in [-0.1, -0.05) is 12.1 Å². The van der Waals surface area contributed by atoms with Crippen molar-refractivity contribution in [2.75, 3.05) is 46.6 Å². The lowest BCUT2D eigenvalue weighted by molar-refractivity contribution is -0.0498. The first-order chi connectivity index (χ1) is 13.1. The van der Waals surface area contributed by atoms with Crippen molar-refractivity contribution < 1.29 is 28.1 Å². The molecule has 1 aromatic rings. The summed E-state index contributed by atoms with van der Waals surface area (Å²) in [5.74, 6) is 0.637. The Bertz CT molecular complexity index is 530. The van der Waals surface area contributed by atoms with E-state index in [-0.39, 0.29) is 12.3 Å². The van der Waals surface area contributed by atoms with E-state index >= 15 is 0 Å². The zero-order valence-corrected chi connectivity index (χ0v) is 15.8. The molecule has 0 bridgehead atoms. The highest BCUT2D eigenvalue weighted by Crippen LogP contribution is 2.19. The molecule has 154 valence electrons. The van der Waals surface area contributed by atoms with Gasteiger partial charge in [-0.2, -0.15) is 8.78 Å². The Morgan fingerprint density at radius 3 is 2.52 bits per heavy atom. The van der Waals surface area contributed by atoms with Gasteiger partial charge in [0.25, 0.3) is 0 Å². The maximum Gasteiger partial charge on any atom is 0.387 e. The van der Waals surface area contributed by atoms with Gasteiger partial charge in [-0.05, 0) is 31.0 Å². The summed E-state index contributed by atoms with van der Waals surface area (Å²) in [6.45, 7) is 2.33. The van der Waals surface area contributed by atoms with Crippen LogP contribution in [0, 0.1) is 0 Å². The second-order valence-electron chi connectivity index (χ2n) is 5.57. The number of aliphatic hydroxyl groups is 1. The van der Waals surface area contributed by atoms with Crippen molar-refractivity contribution in [3.05, 3.63) is 29.8 Å². The lowest BCUT2D eigenvalue weighted by atomic mass is 10.1. The number of hydrogen-bond donors (Lipinski definition) is 3. The first kappa shape index (κ1) is 23.1. The molecule has 0 saturated carbocycles. The number of guanidine groups is 1. The van der Waals surface area contributed by atoms with Crippen LogP contribution in [0.5, 0.6) is 5.75 Å². The van der Waals surface area contributed by atoms with Gasteiger partial charge >= 0.3 is 6.61 Å². The highest BCUT2D eigenvalue weighted by atomic mass is 19.3. The highest BCUT2D eigenvalue weighted by Gasteiger charge is 2.09. The van der Waals surface area contributed by atoms with Gasteiger partial charge in [0.15, 0.2) is 5.96 Å². The van der Waals surface area contributed by atoms with E-state index in [1.165, 1.54) is 24.3 Å². The molecular weight excluding hydrogens is 360 g/mol. The molecule has 1 unspecified atom stereocenters. The number of rotatable bonds is 13. The second kappa shape index (κ2) is 14.1. The normalized spacial score (nSPS) is 12.9. The predicted octanol–water partition coefficient (Wildman–Crippen LogP) is 1.93. The number of benzene rings is 1. The van der Waals surface area contributed by atoms with Crippen LogP contribution in [0.1, 0.15) is 25.0 Å². The number of methoxy groups -OCH3 is 1. The lowest BCUT2D eigenvalue weighted by Crippen LogP contribution is -2.38. The molecule has 0 aliphatic heterocycles. The molecule has 9 heteroatoms. The van der Waals surface area contributed by atoms with Gasteiger partial charge < -0.3 is 30.0 Å². The number of halogens is 2. The van der Waals surface area contributed by atoms with Crippen LogP contribution in [0.3, 0.4) is 0 Å². The van der Waals surface area contributed by atoms with E-state index in [9.17, 15) is 13.9 Å². The molecule has 0 aliphatic rings. The van der Waals surface area contributed by atoms with Crippen molar-refractivity contribution in [2.45, 2.75) is 26.1 Å². The summed E-state index contributed by atoms with van der Waals surface area (Å²) in [5, 5.41) is 16.5. The number of aliphatic hydroxyl groups excluding tert-OH is 1. The van der Waals surface area contributed by atoms with Crippen molar-refractivity contribution in [1.29, 1.82) is 0 Å². The summed E-state index contributed by atoms with van der Waals surface area (Å²) in [7, 11) is 1.63. The minimum Gasteiger partial charge on any atom is -0.435 e. The van der Waals surface area contributed by atoms with Crippen molar-refractivity contribution in [3.8, 4) is 5.75 Å². The number of nitrogens with one attached hydrogen (secondary N) is 2. The minimum atomic E-state index is -2.87. The van der Waals surface area contributed by atoms with Crippen molar-refractivity contribution >= 4 is 5.96 Å². The van der Waals surface area contributed by atoms with Gasteiger partial charge in [0, 0.05) is 26.8 Å². The first-order valence-electron chi connectivity index (χ1n) is 8.88. The van der Waals surface area contributed by atoms with E-state index in [1.54, 1.807) is 7.11 Å². The van der Waals surface area contributed by atoms with Gasteiger partial charge in [0.05, 0.1) is 25.9 Å². The quantitative estimate of drug-likeness (QED) is 0.272. The third-order valence-corrected chi connectivity index (χ3v) is 3.45. The largest absolute Gasteiger partial charge is 0.435 e. The molecule has 3 N–H and O–H groups in total. The maximum absolute atomic E-state index is 12.2. The molecule has 1 atom stereocenters. The average molecular weight is 389 g/mol. The number of alkyl halides is 2. The summed E-state index contributed by atoms with van der Waals surface area (Å²) in [4.78, 5) is 4.34. The summed E-state index contributed by atoms with van der Waals surface area (Å²) in [6.07, 6.45) is -0.0409. The second-order valence-corrected chi connectivity index (χ2v) is 5.57. The Labute approximate surface area is 158 Å². The SMILES string of the molecule is CCNC(=NCC(O)c1ccc(OC(F)F)cc1)NCCCOCCOC. The summed E-state index contributed by atoms with van der Waals surface area (Å²) < 4.78 is 38.9. The Kier molecular flexibility index (Phi) is 12.1. The monoisotopic (exact) mass is 389 g/mol. The fourth-order valence-electron chi connectivity index (χ4n) is 2.12. The minimum absolute atomic E-state index is 0.0483. The van der Waals surface area contributed by atoms with Crippen LogP contribution in [0.15, 0.2) is 29.3 Å². The highest BCUT2D eigenvalue weighted by molar-refractivity contribution is 5.79. The van der Waals surface area contributed by atoms with Crippen LogP contribution >= 0.6 is 0 Å². The van der Waals surface area contributed by atoms with Gasteiger partial charge in [-0.25, -0.2) is 0 Å². The molecule has 27 heavy (non-hydrogen) atoms. The van der Waals surface area contributed by atoms with Crippen LogP contribution in [-0.2, 0) is 9.47 Å². The fourth-order valence-corrected chi connectivity index (χ4v) is 2.12.